The molecule has 0 unspecified atom stereocenters. The van der Waals surface area contributed by atoms with Gasteiger partial charge in [-0.3, -0.25) is 4.99 Å². The highest BCUT2D eigenvalue weighted by molar-refractivity contribution is 5.38. The van der Waals surface area contributed by atoms with Crippen molar-refractivity contribution in [2.24, 2.45) is 4.99 Å². The Kier molecular flexibility index (Phi) is 2.15. The van der Waals surface area contributed by atoms with Gasteiger partial charge in [0.25, 0.3) is 0 Å². The molecule has 0 amide bonds. The van der Waals surface area contributed by atoms with E-state index in [0.717, 1.165) is 5.36 Å². The molecule has 16 heavy (non-hydrogen) atoms. The molecular formula is C15H11N. The fourth-order valence-electron chi connectivity index (χ4n) is 1.97. The molecule has 0 N–H and O–H groups in total. The van der Waals surface area contributed by atoms with Gasteiger partial charge >= 0.3 is 0 Å². The predicted octanol–water partition coefficient (Wildman–Crippen LogP) is 1.90. The molecule has 0 fully saturated rings. The lowest BCUT2D eigenvalue weighted by atomic mass is 10.1. The highest BCUT2D eigenvalue weighted by Gasteiger charge is 1.90. The fourth-order valence-corrected chi connectivity index (χ4v) is 1.97. The Morgan fingerprint density at radius 3 is 2.44 bits per heavy atom. The molecule has 2 aromatic rings. The van der Waals surface area contributed by atoms with Crippen LogP contribution in [-0.2, 0) is 0 Å². The quantitative estimate of drug-likeness (QED) is 0.623. The minimum atomic E-state index is 1.03. The lowest BCUT2D eigenvalue weighted by Crippen LogP contribution is -2.09. The van der Waals surface area contributed by atoms with Gasteiger partial charge in [-0.05, 0) is 22.6 Å². The predicted molar refractivity (Wildman–Crippen MR) is 64.9 cm³/mol. The first-order chi connectivity index (χ1) is 7.95. The minimum absolute atomic E-state index is 1.03. The highest BCUT2D eigenvalue weighted by Crippen LogP contribution is 1.92. The van der Waals surface area contributed by atoms with Gasteiger partial charge in [0, 0.05) is 11.4 Å². The summed E-state index contributed by atoms with van der Waals surface area (Å²) in [6, 6.07) is 16.6. The Bertz CT molecular complexity index is 689. The van der Waals surface area contributed by atoms with E-state index in [9.17, 15) is 0 Å². The van der Waals surface area contributed by atoms with E-state index in [1.54, 1.807) is 0 Å². The molecule has 2 aromatic carbocycles. The second-order valence-electron chi connectivity index (χ2n) is 3.74. The molecule has 1 heterocycles. The summed E-state index contributed by atoms with van der Waals surface area (Å²) in [6.07, 6.45) is 5.92. The standard InChI is InChI=1S/C15H11N/c1-2-8-13-12(6-1)7-5-11-16-15-10-4-3-9-14(13)15/h1-11H/b7-5?,11-5-,12-7-,14-13-,16-11?,16-15-. The molecule has 0 spiro atoms. The largest absolute Gasteiger partial charge is 0.256 e. The molecular weight excluding hydrogens is 194 g/mol. The molecule has 0 saturated carbocycles. The maximum atomic E-state index is 4.43. The third kappa shape index (κ3) is 1.47. The van der Waals surface area contributed by atoms with Crippen molar-refractivity contribution >= 4 is 6.08 Å². The van der Waals surface area contributed by atoms with E-state index < -0.39 is 0 Å². The Morgan fingerprint density at radius 1 is 0.750 bits per heavy atom. The Balaban J connectivity index is 2.74. The molecule has 0 aromatic heterocycles. The summed E-state index contributed by atoms with van der Waals surface area (Å²) in [6.45, 7) is 0. The van der Waals surface area contributed by atoms with Crippen LogP contribution in [0.4, 0.5) is 0 Å². The lowest BCUT2D eigenvalue weighted by Gasteiger charge is -1.94. The van der Waals surface area contributed by atoms with Crippen LogP contribution >= 0.6 is 0 Å². The van der Waals surface area contributed by atoms with Crippen molar-refractivity contribution in [3.8, 4) is 0 Å². The van der Waals surface area contributed by atoms with Gasteiger partial charge in [-0.15, -0.1) is 0 Å². The molecule has 0 bridgehead atoms. The van der Waals surface area contributed by atoms with Gasteiger partial charge in [0.15, 0.2) is 0 Å². The monoisotopic (exact) mass is 205 g/mol. The number of benzene rings is 2. The summed E-state index contributed by atoms with van der Waals surface area (Å²) < 4.78 is 0. The van der Waals surface area contributed by atoms with Crippen LogP contribution in [0, 0.1) is 10.4 Å². The van der Waals surface area contributed by atoms with Crippen LogP contribution < -0.4 is 10.6 Å². The summed E-state index contributed by atoms with van der Waals surface area (Å²) >= 11 is 0. The van der Waals surface area contributed by atoms with Crippen molar-refractivity contribution in [2.75, 3.05) is 0 Å². The Hall–Kier alpha value is -2.15. The first-order valence-corrected chi connectivity index (χ1v) is 5.34. The summed E-state index contributed by atoms with van der Waals surface area (Å²) in [5.74, 6) is 0. The SMILES string of the molecule is C1=C\N=c2\cccc\c2=c2/cccc/c2=C/1. The van der Waals surface area contributed by atoms with Crippen LogP contribution in [0.1, 0.15) is 0 Å². The number of nitrogens with zero attached hydrogens (tertiary/aromatic N) is 1. The molecule has 1 aliphatic rings. The molecule has 76 valence electrons. The second kappa shape index (κ2) is 3.78. The van der Waals surface area contributed by atoms with Crippen LogP contribution in [-0.4, -0.2) is 0 Å². The van der Waals surface area contributed by atoms with Crippen molar-refractivity contribution < 1.29 is 0 Å². The van der Waals surface area contributed by atoms with Crippen molar-refractivity contribution in [1.29, 1.82) is 0 Å². The normalized spacial score (nSPS) is 21.0. The molecule has 3 rings (SSSR count). The van der Waals surface area contributed by atoms with Crippen LogP contribution in [0.15, 0.2) is 65.8 Å². The molecule has 1 aliphatic heterocycles. The van der Waals surface area contributed by atoms with Crippen molar-refractivity contribution in [3.63, 3.8) is 0 Å². The zero-order valence-electron chi connectivity index (χ0n) is 8.80. The first-order valence-electron chi connectivity index (χ1n) is 5.34. The first kappa shape index (κ1) is 9.10. The third-order valence-corrected chi connectivity index (χ3v) is 2.73. The lowest BCUT2D eigenvalue weighted by molar-refractivity contribution is 1.27. The zero-order chi connectivity index (χ0) is 10.8. The smallest absolute Gasteiger partial charge is 0.0708 e. The average molecular weight is 205 g/mol. The van der Waals surface area contributed by atoms with Crippen LogP contribution in [0.5, 0.6) is 0 Å². The molecule has 1 heteroatoms. The minimum Gasteiger partial charge on any atom is -0.256 e. The van der Waals surface area contributed by atoms with Crippen LogP contribution in [0.2, 0.25) is 0 Å². The fraction of sp³-hybridized carbons (Fsp3) is 0. The van der Waals surface area contributed by atoms with E-state index in [1.807, 2.05) is 24.4 Å². The van der Waals surface area contributed by atoms with Gasteiger partial charge in [-0.1, -0.05) is 48.5 Å². The molecule has 0 radical (unpaired) electrons. The number of fused-ring (bicyclic) bond motifs is 2. The number of rotatable bonds is 0. The second-order valence-corrected chi connectivity index (χ2v) is 3.74. The van der Waals surface area contributed by atoms with Gasteiger partial charge in [0.05, 0.1) is 5.36 Å². The maximum Gasteiger partial charge on any atom is 0.0708 e. The highest BCUT2D eigenvalue weighted by atomic mass is 14.7. The molecule has 0 atom stereocenters. The van der Waals surface area contributed by atoms with E-state index in [0.29, 0.717) is 0 Å². The maximum absolute atomic E-state index is 4.43. The van der Waals surface area contributed by atoms with Crippen molar-refractivity contribution in [2.45, 2.75) is 0 Å². The molecule has 1 nitrogen and oxygen atoms in total. The van der Waals surface area contributed by atoms with Gasteiger partial charge < -0.3 is 0 Å². The summed E-state index contributed by atoms with van der Waals surface area (Å²) in [7, 11) is 0. The van der Waals surface area contributed by atoms with Crippen LogP contribution in [0.3, 0.4) is 0 Å². The summed E-state index contributed by atoms with van der Waals surface area (Å²) in [4.78, 5) is 4.43. The van der Waals surface area contributed by atoms with E-state index in [2.05, 4.69) is 47.5 Å². The van der Waals surface area contributed by atoms with Crippen molar-refractivity contribution in [3.05, 3.63) is 81.8 Å². The van der Waals surface area contributed by atoms with Gasteiger partial charge in [0.2, 0.25) is 0 Å². The zero-order valence-corrected chi connectivity index (χ0v) is 8.80. The van der Waals surface area contributed by atoms with Crippen molar-refractivity contribution in [1.82, 2.24) is 0 Å². The van der Waals surface area contributed by atoms with Gasteiger partial charge in [-0.25, -0.2) is 0 Å². The topological polar surface area (TPSA) is 12.4 Å². The summed E-state index contributed by atoms with van der Waals surface area (Å²) in [5.41, 5.74) is 0. The Labute approximate surface area is 93.4 Å². The van der Waals surface area contributed by atoms with E-state index in [1.165, 1.54) is 15.7 Å². The number of para-hydroxylation sites is 1. The number of hydrogen-bond donors (Lipinski definition) is 0. The Morgan fingerprint density at radius 2 is 1.50 bits per heavy atom. The molecule has 0 aliphatic carbocycles. The average Bonchev–Trinajstić information content (AvgIpc) is 2.33. The number of hydrogen-bond acceptors (Lipinski definition) is 1. The third-order valence-electron chi connectivity index (χ3n) is 2.73. The van der Waals surface area contributed by atoms with E-state index in [4.69, 9.17) is 0 Å². The molecule has 0 saturated heterocycles. The summed E-state index contributed by atoms with van der Waals surface area (Å²) in [5, 5.41) is 4.70. The van der Waals surface area contributed by atoms with Crippen LogP contribution in [0.25, 0.3) is 6.08 Å². The van der Waals surface area contributed by atoms with E-state index >= 15 is 0 Å². The van der Waals surface area contributed by atoms with Gasteiger partial charge in [0.1, 0.15) is 0 Å². The van der Waals surface area contributed by atoms with E-state index in [-0.39, 0.29) is 0 Å². The number of allylic oxidation sites excluding steroid dienone is 1. The van der Waals surface area contributed by atoms with Gasteiger partial charge in [-0.2, -0.15) is 0 Å².